The summed E-state index contributed by atoms with van der Waals surface area (Å²) in [4.78, 5) is 30.9. The third kappa shape index (κ3) is 3.77. The Morgan fingerprint density at radius 3 is 2.90 bits per heavy atom. The molecule has 1 fully saturated rings. The lowest BCUT2D eigenvalue weighted by atomic mass is 9.87. The first-order valence-corrected chi connectivity index (χ1v) is 11.0. The number of anilines is 1. The molecule has 3 aliphatic rings. The Bertz CT molecular complexity index is 1040. The number of nitrogens with zero attached hydrogens (tertiary/aromatic N) is 2. The number of benzene rings is 1. The first-order valence-electron chi connectivity index (χ1n) is 11.0. The summed E-state index contributed by atoms with van der Waals surface area (Å²) in [5.74, 6) is -0.365. The van der Waals surface area contributed by atoms with Gasteiger partial charge in [-0.15, -0.1) is 0 Å². The van der Waals surface area contributed by atoms with Crippen LogP contribution in [0, 0.1) is 11.7 Å². The van der Waals surface area contributed by atoms with E-state index in [2.05, 4.69) is 16.4 Å². The third-order valence-electron chi connectivity index (χ3n) is 7.02. The first-order chi connectivity index (χ1) is 15.0. The standard InChI is InChI=1S/C24H26FN3O3/c25-15-4-7-17-18(10-15)19(11-23(30)31)21-13-28(12-20(17)21)22(29)8-6-16-5-3-14-2-1-9-26-24(14)27-16/h3-5,7,10,19-21H,1-2,6,8-9,11-13H2,(H,26,27)(H,30,31)/t19-,20?,21?/m0/s1. The maximum atomic E-state index is 13.8. The Balaban J connectivity index is 1.27. The molecule has 1 saturated heterocycles. The minimum atomic E-state index is -0.891. The van der Waals surface area contributed by atoms with Gasteiger partial charge in [0.05, 0.1) is 6.42 Å². The van der Waals surface area contributed by atoms with Crippen LogP contribution in [0.1, 0.15) is 53.5 Å². The maximum Gasteiger partial charge on any atom is 0.303 e. The molecule has 0 spiro atoms. The van der Waals surface area contributed by atoms with Crippen LogP contribution in [0.3, 0.4) is 0 Å². The number of halogens is 1. The van der Waals surface area contributed by atoms with Gasteiger partial charge in [0.1, 0.15) is 11.6 Å². The molecular weight excluding hydrogens is 397 g/mol. The average molecular weight is 423 g/mol. The van der Waals surface area contributed by atoms with Crippen LogP contribution in [0.25, 0.3) is 0 Å². The highest BCUT2D eigenvalue weighted by Crippen LogP contribution is 2.52. The summed E-state index contributed by atoms with van der Waals surface area (Å²) in [6, 6.07) is 8.78. The van der Waals surface area contributed by atoms with Crippen molar-refractivity contribution in [2.45, 2.75) is 43.9 Å². The van der Waals surface area contributed by atoms with Crippen LogP contribution in [0.4, 0.5) is 10.2 Å². The number of rotatable bonds is 5. The summed E-state index contributed by atoms with van der Waals surface area (Å²) in [5.41, 5.74) is 3.93. The van der Waals surface area contributed by atoms with Crippen LogP contribution >= 0.6 is 0 Å². The zero-order valence-electron chi connectivity index (χ0n) is 17.3. The molecule has 3 atom stereocenters. The van der Waals surface area contributed by atoms with Crippen molar-refractivity contribution in [3.8, 4) is 0 Å². The number of aromatic nitrogens is 1. The summed E-state index contributed by atoms with van der Waals surface area (Å²) < 4.78 is 13.8. The summed E-state index contributed by atoms with van der Waals surface area (Å²) in [7, 11) is 0. The number of nitrogens with one attached hydrogen (secondary N) is 1. The lowest BCUT2D eigenvalue weighted by Crippen LogP contribution is -2.30. The number of amides is 1. The Morgan fingerprint density at radius 1 is 1.19 bits per heavy atom. The predicted molar refractivity (Wildman–Crippen MR) is 114 cm³/mol. The molecular formula is C24H26FN3O3. The average Bonchev–Trinajstić information content (AvgIpc) is 3.30. The lowest BCUT2D eigenvalue weighted by molar-refractivity contribution is -0.137. The van der Waals surface area contributed by atoms with E-state index in [0.29, 0.717) is 25.9 Å². The Morgan fingerprint density at radius 2 is 2.06 bits per heavy atom. The number of fused-ring (bicyclic) bond motifs is 4. The maximum absolute atomic E-state index is 13.8. The number of pyridine rings is 1. The van der Waals surface area contributed by atoms with E-state index in [1.165, 1.54) is 17.7 Å². The fraction of sp³-hybridized carbons (Fsp3) is 0.458. The minimum Gasteiger partial charge on any atom is -0.481 e. The molecule has 1 aliphatic carbocycles. The molecule has 7 heteroatoms. The van der Waals surface area contributed by atoms with Crippen molar-refractivity contribution in [1.82, 2.24) is 9.88 Å². The number of likely N-dealkylation sites (tertiary alicyclic amines) is 1. The topological polar surface area (TPSA) is 82.5 Å². The zero-order valence-corrected chi connectivity index (χ0v) is 17.3. The Labute approximate surface area is 180 Å². The van der Waals surface area contributed by atoms with Crippen LogP contribution in [0.5, 0.6) is 0 Å². The van der Waals surface area contributed by atoms with Gasteiger partial charge in [0, 0.05) is 37.7 Å². The largest absolute Gasteiger partial charge is 0.481 e. The van der Waals surface area contributed by atoms with Gasteiger partial charge in [0.25, 0.3) is 0 Å². The van der Waals surface area contributed by atoms with E-state index in [1.807, 2.05) is 11.0 Å². The second-order valence-electron chi connectivity index (χ2n) is 8.89. The number of hydrogen-bond acceptors (Lipinski definition) is 4. The van der Waals surface area contributed by atoms with E-state index in [1.54, 1.807) is 6.07 Å². The summed E-state index contributed by atoms with van der Waals surface area (Å²) in [5, 5.41) is 12.7. The number of carbonyl (C=O) groups excluding carboxylic acids is 1. The molecule has 5 rings (SSSR count). The van der Waals surface area contributed by atoms with Crippen molar-refractivity contribution in [1.29, 1.82) is 0 Å². The number of aliphatic carboxylic acids is 1. The number of carbonyl (C=O) groups is 2. The van der Waals surface area contributed by atoms with Crippen LogP contribution < -0.4 is 5.32 Å². The van der Waals surface area contributed by atoms with Crippen LogP contribution in [0.15, 0.2) is 30.3 Å². The van der Waals surface area contributed by atoms with Gasteiger partial charge in [0.2, 0.25) is 5.91 Å². The molecule has 0 radical (unpaired) electrons. The van der Waals surface area contributed by atoms with E-state index in [4.69, 9.17) is 0 Å². The third-order valence-corrected chi connectivity index (χ3v) is 7.02. The molecule has 1 amide bonds. The van der Waals surface area contributed by atoms with Gasteiger partial charge in [-0.25, -0.2) is 9.37 Å². The molecule has 2 aromatic rings. The van der Waals surface area contributed by atoms with Crippen LogP contribution in [-0.4, -0.2) is 46.5 Å². The second kappa shape index (κ2) is 7.94. The number of hydrogen-bond donors (Lipinski definition) is 2. The van der Waals surface area contributed by atoms with Crippen molar-refractivity contribution < 1.29 is 19.1 Å². The van der Waals surface area contributed by atoms with Crippen molar-refractivity contribution >= 4 is 17.7 Å². The number of aryl methyl sites for hydroxylation is 2. The highest BCUT2D eigenvalue weighted by Gasteiger charge is 2.47. The van der Waals surface area contributed by atoms with E-state index >= 15 is 0 Å². The molecule has 162 valence electrons. The molecule has 3 heterocycles. The highest BCUT2D eigenvalue weighted by atomic mass is 19.1. The van der Waals surface area contributed by atoms with Crippen molar-refractivity contribution in [3.63, 3.8) is 0 Å². The molecule has 31 heavy (non-hydrogen) atoms. The quantitative estimate of drug-likeness (QED) is 0.771. The van der Waals surface area contributed by atoms with Gasteiger partial charge in [0.15, 0.2) is 0 Å². The fourth-order valence-corrected chi connectivity index (χ4v) is 5.56. The predicted octanol–water partition coefficient (Wildman–Crippen LogP) is 3.33. The lowest BCUT2D eigenvalue weighted by Gasteiger charge is -2.21. The zero-order chi connectivity index (χ0) is 21.5. The van der Waals surface area contributed by atoms with Gasteiger partial charge in [-0.05, 0) is 66.0 Å². The van der Waals surface area contributed by atoms with E-state index < -0.39 is 5.97 Å². The second-order valence-corrected chi connectivity index (χ2v) is 8.89. The smallest absolute Gasteiger partial charge is 0.303 e. The highest BCUT2D eigenvalue weighted by molar-refractivity contribution is 5.77. The Hall–Kier alpha value is -2.96. The molecule has 6 nitrogen and oxygen atoms in total. The van der Waals surface area contributed by atoms with Gasteiger partial charge >= 0.3 is 5.97 Å². The normalized spacial score (nSPS) is 23.6. The van der Waals surface area contributed by atoms with Crippen LogP contribution in [0.2, 0.25) is 0 Å². The molecule has 1 aromatic carbocycles. The van der Waals surface area contributed by atoms with Crippen LogP contribution in [-0.2, 0) is 22.4 Å². The van der Waals surface area contributed by atoms with Crippen molar-refractivity contribution in [2.24, 2.45) is 5.92 Å². The molecule has 2 N–H and O–H groups in total. The van der Waals surface area contributed by atoms with Gasteiger partial charge in [-0.1, -0.05) is 12.1 Å². The molecule has 0 bridgehead atoms. The Kier molecular flexibility index (Phi) is 5.12. The number of carboxylic acid groups (broad SMARTS) is 1. The molecule has 2 unspecified atom stereocenters. The number of carboxylic acids is 1. The SMILES string of the molecule is O=C(O)C[C@H]1c2cc(F)ccc2C2CN(C(=O)CCc3ccc4c(n3)NCCC4)CC21. The van der Waals surface area contributed by atoms with E-state index in [9.17, 15) is 19.1 Å². The van der Waals surface area contributed by atoms with Gasteiger partial charge < -0.3 is 15.3 Å². The van der Waals surface area contributed by atoms with Gasteiger partial charge in [-0.3, -0.25) is 9.59 Å². The minimum absolute atomic E-state index is 0.0305. The van der Waals surface area contributed by atoms with Crippen molar-refractivity contribution in [2.75, 3.05) is 25.0 Å². The van der Waals surface area contributed by atoms with Crippen molar-refractivity contribution in [3.05, 3.63) is 58.5 Å². The first kappa shape index (κ1) is 20.0. The fourth-order valence-electron chi connectivity index (χ4n) is 5.56. The molecule has 2 aliphatic heterocycles. The summed E-state index contributed by atoms with van der Waals surface area (Å²) in [6.07, 6.45) is 3.08. The summed E-state index contributed by atoms with van der Waals surface area (Å²) in [6.45, 7) is 2.02. The van der Waals surface area contributed by atoms with E-state index in [-0.39, 0.29) is 35.9 Å². The van der Waals surface area contributed by atoms with E-state index in [0.717, 1.165) is 42.0 Å². The molecule has 0 saturated carbocycles. The molecule has 1 aromatic heterocycles. The summed E-state index contributed by atoms with van der Waals surface area (Å²) >= 11 is 0. The monoisotopic (exact) mass is 423 g/mol. The van der Waals surface area contributed by atoms with Gasteiger partial charge in [-0.2, -0.15) is 0 Å².